The Hall–Kier alpha value is -1.02. The Kier molecular flexibility index (Phi) is 4.00. The largest absolute Gasteiger partial charge is 0.490 e. The van der Waals surface area contributed by atoms with Gasteiger partial charge in [-0.15, -0.1) is 0 Å². The Morgan fingerprint density at radius 1 is 1.00 bits per heavy atom. The van der Waals surface area contributed by atoms with Crippen molar-refractivity contribution in [3.05, 3.63) is 29.8 Å². The minimum absolute atomic E-state index is 0.304. The summed E-state index contributed by atoms with van der Waals surface area (Å²) in [5.74, 6) is 2.28. The van der Waals surface area contributed by atoms with Crippen LogP contribution in [-0.4, -0.2) is 12.1 Å². The lowest BCUT2D eigenvalue weighted by Crippen LogP contribution is -2.38. The summed E-state index contributed by atoms with van der Waals surface area (Å²) in [6.07, 6.45) is 6.52. The number of hydrogen-bond acceptors (Lipinski definition) is 2. The van der Waals surface area contributed by atoms with Crippen LogP contribution in [-0.2, 0) is 0 Å². The standard InChI is InChI=1S/C19H29NO/c1-19(2,3)14-6-11-18(20)17(12-14)13-4-7-15(8-5-13)21-16-9-10-16/h4-5,7-8,14,16-18H,6,9-12,20H2,1-3H3. The van der Waals surface area contributed by atoms with Gasteiger partial charge in [-0.1, -0.05) is 32.9 Å². The normalized spacial score (nSPS) is 30.2. The van der Waals surface area contributed by atoms with Crippen LogP contribution >= 0.6 is 0 Å². The Labute approximate surface area is 129 Å². The second-order valence-corrected chi connectivity index (χ2v) is 8.03. The minimum atomic E-state index is 0.304. The smallest absolute Gasteiger partial charge is 0.119 e. The third-order valence-electron chi connectivity index (χ3n) is 5.26. The van der Waals surface area contributed by atoms with Crippen molar-refractivity contribution in [3.63, 3.8) is 0 Å². The molecule has 0 aliphatic heterocycles. The first-order valence-corrected chi connectivity index (χ1v) is 8.45. The van der Waals surface area contributed by atoms with Gasteiger partial charge in [-0.05, 0) is 67.1 Å². The number of nitrogens with two attached hydrogens (primary N) is 1. The molecule has 0 heterocycles. The lowest BCUT2D eigenvalue weighted by Gasteiger charge is -2.41. The average Bonchev–Trinajstić information content (AvgIpc) is 3.23. The van der Waals surface area contributed by atoms with Crippen LogP contribution in [0, 0.1) is 11.3 Å². The van der Waals surface area contributed by atoms with Crippen LogP contribution in [0.25, 0.3) is 0 Å². The highest BCUT2D eigenvalue weighted by atomic mass is 16.5. The first-order valence-electron chi connectivity index (χ1n) is 8.45. The molecule has 2 nitrogen and oxygen atoms in total. The number of hydrogen-bond donors (Lipinski definition) is 1. The zero-order chi connectivity index (χ0) is 15.0. The SMILES string of the molecule is CC(C)(C)C1CCC(N)C(c2ccc(OC3CC3)cc2)C1. The van der Waals surface area contributed by atoms with Gasteiger partial charge in [0.15, 0.2) is 0 Å². The molecule has 0 amide bonds. The predicted molar refractivity (Wildman–Crippen MR) is 87.6 cm³/mol. The van der Waals surface area contributed by atoms with Gasteiger partial charge < -0.3 is 10.5 Å². The molecular weight excluding hydrogens is 258 g/mol. The summed E-state index contributed by atoms with van der Waals surface area (Å²) >= 11 is 0. The summed E-state index contributed by atoms with van der Waals surface area (Å²) in [7, 11) is 0. The summed E-state index contributed by atoms with van der Waals surface area (Å²) in [5.41, 5.74) is 8.18. The van der Waals surface area contributed by atoms with Gasteiger partial charge in [-0.3, -0.25) is 0 Å². The minimum Gasteiger partial charge on any atom is -0.490 e. The molecule has 0 radical (unpaired) electrons. The zero-order valence-corrected chi connectivity index (χ0v) is 13.6. The van der Waals surface area contributed by atoms with Gasteiger partial charge in [0.1, 0.15) is 5.75 Å². The lowest BCUT2D eigenvalue weighted by molar-refractivity contribution is 0.154. The highest BCUT2D eigenvalue weighted by molar-refractivity contribution is 5.31. The highest BCUT2D eigenvalue weighted by Gasteiger charge is 2.35. The van der Waals surface area contributed by atoms with Gasteiger partial charge in [0.25, 0.3) is 0 Å². The van der Waals surface area contributed by atoms with Crippen molar-refractivity contribution in [1.82, 2.24) is 0 Å². The van der Waals surface area contributed by atoms with E-state index in [1.54, 1.807) is 0 Å². The van der Waals surface area contributed by atoms with Gasteiger partial charge in [-0.25, -0.2) is 0 Å². The van der Waals surface area contributed by atoms with E-state index < -0.39 is 0 Å². The van der Waals surface area contributed by atoms with E-state index in [0.717, 1.165) is 18.1 Å². The van der Waals surface area contributed by atoms with Crippen LogP contribution in [0.5, 0.6) is 5.75 Å². The summed E-state index contributed by atoms with van der Waals surface area (Å²) in [6, 6.07) is 9.02. The van der Waals surface area contributed by atoms with E-state index >= 15 is 0 Å². The maximum Gasteiger partial charge on any atom is 0.119 e. The lowest BCUT2D eigenvalue weighted by atomic mass is 9.66. The van der Waals surface area contributed by atoms with Crippen molar-refractivity contribution >= 4 is 0 Å². The van der Waals surface area contributed by atoms with Crippen LogP contribution in [0.4, 0.5) is 0 Å². The fraction of sp³-hybridized carbons (Fsp3) is 0.684. The van der Waals surface area contributed by atoms with E-state index in [9.17, 15) is 0 Å². The van der Waals surface area contributed by atoms with Crippen LogP contribution < -0.4 is 10.5 Å². The predicted octanol–water partition coefficient (Wildman–Crippen LogP) is 4.48. The fourth-order valence-electron chi connectivity index (χ4n) is 3.54. The first-order chi connectivity index (χ1) is 9.93. The summed E-state index contributed by atoms with van der Waals surface area (Å²) in [6.45, 7) is 7.08. The quantitative estimate of drug-likeness (QED) is 0.889. The monoisotopic (exact) mass is 287 g/mol. The van der Waals surface area contributed by atoms with Crippen molar-refractivity contribution in [2.24, 2.45) is 17.1 Å². The second kappa shape index (κ2) is 5.64. The zero-order valence-electron chi connectivity index (χ0n) is 13.6. The molecule has 3 unspecified atom stereocenters. The Morgan fingerprint density at radius 3 is 2.24 bits per heavy atom. The van der Waals surface area contributed by atoms with Crippen molar-refractivity contribution in [2.75, 3.05) is 0 Å². The third kappa shape index (κ3) is 3.60. The van der Waals surface area contributed by atoms with E-state index in [4.69, 9.17) is 10.5 Å². The van der Waals surface area contributed by atoms with E-state index in [1.807, 2.05) is 0 Å². The number of rotatable bonds is 3. The van der Waals surface area contributed by atoms with E-state index in [-0.39, 0.29) is 0 Å². The number of ether oxygens (including phenoxy) is 1. The highest BCUT2D eigenvalue weighted by Crippen LogP contribution is 2.43. The average molecular weight is 287 g/mol. The molecule has 0 saturated heterocycles. The van der Waals surface area contributed by atoms with Gasteiger partial charge in [0, 0.05) is 6.04 Å². The molecule has 0 spiro atoms. The molecule has 1 aromatic rings. The van der Waals surface area contributed by atoms with Gasteiger partial charge in [0.05, 0.1) is 6.10 Å². The van der Waals surface area contributed by atoms with E-state index in [1.165, 1.54) is 31.2 Å². The Balaban J connectivity index is 1.71. The summed E-state index contributed by atoms with van der Waals surface area (Å²) in [4.78, 5) is 0. The van der Waals surface area contributed by atoms with Crippen molar-refractivity contribution in [3.8, 4) is 5.75 Å². The van der Waals surface area contributed by atoms with Crippen LogP contribution in [0.3, 0.4) is 0 Å². The maximum absolute atomic E-state index is 6.41. The molecule has 3 rings (SSSR count). The van der Waals surface area contributed by atoms with Gasteiger partial charge >= 0.3 is 0 Å². The van der Waals surface area contributed by atoms with Crippen molar-refractivity contribution in [1.29, 1.82) is 0 Å². The van der Waals surface area contributed by atoms with Crippen molar-refractivity contribution < 1.29 is 4.74 Å². The molecule has 3 atom stereocenters. The molecule has 2 aliphatic rings. The molecule has 2 N–H and O–H groups in total. The first kappa shape index (κ1) is 14.9. The molecule has 0 aromatic heterocycles. The van der Waals surface area contributed by atoms with Gasteiger partial charge in [0.2, 0.25) is 0 Å². The topological polar surface area (TPSA) is 35.2 Å². The molecule has 0 bridgehead atoms. The summed E-state index contributed by atoms with van der Waals surface area (Å²) in [5, 5.41) is 0. The van der Waals surface area contributed by atoms with Crippen LogP contribution in [0.15, 0.2) is 24.3 Å². The molecule has 2 aliphatic carbocycles. The Bertz CT molecular complexity index is 469. The van der Waals surface area contributed by atoms with Crippen LogP contribution in [0.1, 0.15) is 64.4 Å². The second-order valence-electron chi connectivity index (χ2n) is 8.03. The molecule has 1 aromatic carbocycles. The maximum atomic E-state index is 6.41. The van der Waals surface area contributed by atoms with Crippen molar-refractivity contribution in [2.45, 2.75) is 70.9 Å². The molecule has 116 valence electrons. The van der Waals surface area contributed by atoms with Gasteiger partial charge in [-0.2, -0.15) is 0 Å². The van der Waals surface area contributed by atoms with E-state index in [2.05, 4.69) is 45.0 Å². The Morgan fingerprint density at radius 2 is 1.67 bits per heavy atom. The van der Waals surface area contributed by atoms with E-state index in [0.29, 0.717) is 23.5 Å². The fourth-order valence-corrected chi connectivity index (χ4v) is 3.54. The third-order valence-corrected chi connectivity index (χ3v) is 5.26. The molecule has 2 heteroatoms. The molecule has 2 saturated carbocycles. The molecule has 21 heavy (non-hydrogen) atoms. The summed E-state index contributed by atoms with van der Waals surface area (Å²) < 4.78 is 5.84. The molecule has 2 fully saturated rings. The molecular formula is C19H29NO. The van der Waals surface area contributed by atoms with Crippen LogP contribution in [0.2, 0.25) is 0 Å². The number of benzene rings is 1.